The molecule has 1 saturated heterocycles. The lowest BCUT2D eigenvalue weighted by atomic mass is 10.1. The van der Waals surface area contributed by atoms with Gasteiger partial charge in [0, 0.05) is 38.3 Å². The molecule has 6 nitrogen and oxygen atoms in total. The third kappa shape index (κ3) is 3.95. The largest absolute Gasteiger partial charge is 0.490 e. The van der Waals surface area contributed by atoms with E-state index in [9.17, 15) is 8.78 Å². The van der Waals surface area contributed by atoms with Crippen molar-refractivity contribution in [3.8, 4) is 5.75 Å². The highest BCUT2D eigenvalue weighted by Crippen LogP contribution is 2.29. The van der Waals surface area contributed by atoms with Gasteiger partial charge < -0.3 is 9.30 Å². The van der Waals surface area contributed by atoms with Crippen molar-refractivity contribution in [3.05, 3.63) is 42.4 Å². The number of piperidine rings is 1. The minimum absolute atomic E-state index is 0.134. The Balaban J connectivity index is 1.39. The number of aryl methyl sites for hydroxylation is 1. The molecule has 1 aliphatic rings. The van der Waals surface area contributed by atoms with Gasteiger partial charge in [-0.25, -0.2) is 8.78 Å². The van der Waals surface area contributed by atoms with Gasteiger partial charge in [-0.15, -0.1) is 5.10 Å². The maximum atomic E-state index is 12.7. The summed E-state index contributed by atoms with van der Waals surface area (Å²) < 4.78 is 35.1. The number of benzene rings is 1. The lowest BCUT2D eigenvalue weighted by molar-refractivity contribution is 0.0966. The Labute approximate surface area is 156 Å². The molecular weight excluding hydrogens is 352 g/mol. The summed E-state index contributed by atoms with van der Waals surface area (Å²) in [5.41, 5.74) is 1.88. The zero-order chi connectivity index (χ0) is 18.8. The van der Waals surface area contributed by atoms with Crippen molar-refractivity contribution >= 4 is 10.9 Å². The normalized spacial score (nSPS) is 16.4. The van der Waals surface area contributed by atoms with Gasteiger partial charge in [0.25, 0.3) is 6.43 Å². The van der Waals surface area contributed by atoms with Gasteiger partial charge in [0.05, 0.1) is 24.0 Å². The molecule has 0 bridgehead atoms. The number of halogens is 2. The monoisotopic (exact) mass is 375 g/mol. The van der Waals surface area contributed by atoms with Gasteiger partial charge >= 0.3 is 0 Å². The minimum atomic E-state index is -2.37. The van der Waals surface area contributed by atoms with Crippen LogP contribution in [0.5, 0.6) is 5.75 Å². The van der Waals surface area contributed by atoms with Gasteiger partial charge in [-0.1, -0.05) is 11.3 Å². The van der Waals surface area contributed by atoms with Crippen LogP contribution in [0.15, 0.2) is 36.7 Å². The van der Waals surface area contributed by atoms with E-state index in [1.165, 1.54) is 0 Å². The summed E-state index contributed by atoms with van der Waals surface area (Å²) in [7, 11) is 1.90. The molecule has 2 aromatic heterocycles. The smallest absolute Gasteiger partial charge is 0.256 e. The first-order chi connectivity index (χ1) is 13.1. The molecular formula is C19H23F2N5O. The summed E-state index contributed by atoms with van der Waals surface area (Å²) in [6.07, 6.45) is 3.12. The van der Waals surface area contributed by atoms with Crippen LogP contribution in [0.25, 0.3) is 10.9 Å². The van der Waals surface area contributed by atoms with Crippen LogP contribution < -0.4 is 4.74 Å². The highest BCUT2D eigenvalue weighted by molar-refractivity contribution is 5.86. The van der Waals surface area contributed by atoms with Gasteiger partial charge in [0.1, 0.15) is 11.9 Å². The molecule has 0 amide bonds. The quantitative estimate of drug-likeness (QED) is 0.664. The summed E-state index contributed by atoms with van der Waals surface area (Å²) >= 11 is 0. The summed E-state index contributed by atoms with van der Waals surface area (Å²) in [5.74, 6) is 0.773. The molecule has 3 aromatic rings. The molecule has 8 heteroatoms. The molecule has 0 radical (unpaired) electrons. The number of ether oxygens (including phenoxy) is 1. The van der Waals surface area contributed by atoms with Crippen LogP contribution >= 0.6 is 0 Å². The molecule has 1 aromatic carbocycles. The Morgan fingerprint density at radius 2 is 2.04 bits per heavy atom. The summed E-state index contributed by atoms with van der Waals surface area (Å²) in [5, 5.41) is 8.78. The molecule has 4 rings (SSSR count). The first-order valence-electron chi connectivity index (χ1n) is 9.18. The number of nitrogens with zero attached hydrogens (tertiary/aromatic N) is 5. The van der Waals surface area contributed by atoms with Crippen LogP contribution in [0, 0.1) is 0 Å². The second-order valence-electron chi connectivity index (χ2n) is 6.99. The molecule has 144 valence electrons. The number of fused-ring (bicyclic) bond motifs is 1. The molecule has 0 saturated carbocycles. The van der Waals surface area contributed by atoms with Gasteiger partial charge in [0.2, 0.25) is 0 Å². The van der Waals surface area contributed by atoms with E-state index >= 15 is 0 Å². The maximum absolute atomic E-state index is 12.7. The average Bonchev–Trinajstić information content (AvgIpc) is 3.24. The van der Waals surface area contributed by atoms with E-state index in [0.717, 1.165) is 54.8 Å². The van der Waals surface area contributed by atoms with Crippen molar-refractivity contribution in [1.82, 2.24) is 24.5 Å². The van der Waals surface area contributed by atoms with Gasteiger partial charge in [-0.05, 0) is 31.0 Å². The number of hydrogen-bond acceptors (Lipinski definition) is 4. The number of likely N-dealkylation sites (tertiary alicyclic amines) is 1. The lowest BCUT2D eigenvalue weighted by Gasteiger charge is -2.32. The van der Waals surface area contributed by atoms with Crippen molar-refractivity contribution in [2.75, 3.05) is 13.1 Å². The van der Waals surface area contributed by atoms with Crippen LogP contribution in [-0.2, 0) is 20.1 Å². The highest BCUT2D eigenvalue weighted by atomic mass is 19.3. The lowest BCUT2D eigenvalue weighted by Crippen LogP contribution is -2.38. The fourth-order valence-electron chi connectivity index (χ4n) is 3.65. The van der Waals surface area contributed by atoms with Crippen molar-refractivity contribution in [2.24, 2.45) is 7.05 Å². The van der Waals surface area contributed by atoms with Crippen molar-refractivity contribution in [2.45, 2.75) is 38.5 Å². The Bertz CT molecular complexity index is 899. The van der Waals surface area contributed by atoms with Crippen LogP contribution in [-0.4, -0.2) is 50.1 Å². The Kier molecular flexibility index (Phi) is 5.07. The standard InChI is InChI=1S/C19H23F2N5O/c1-24-14(11-22-23-24)12-25-8-5-15(6-9-25)27-18-4-2-3-17-16(18)7-10-26(17)13-19(20)21/h2-4,7,10-11,15,19H,5-6,8-9,12-13H2,1H3. The van der Waals surface area contributed by atoms with E-state index < -0.39 is 6.43 Å². The topological polar surface area (TPSA) is 48.1 Å². The SMILES string of the molecule is Cn1nncc1CN1CCC(Oc2cccc3c2ccn3CC(F)F)CC1. The van der Waals surface area contributed by atoms with Crippen molar-refractivity contribution in [1.29, 1.82) is 0 Å². The van der Waals surface area contributed by atoms with Gasteiger partial charge in [-0.3, -0.25) is 9.58 Å². The molecule has 3 heterocycles. The minimum Gasteiger partial charge on any atom is -0.490 e. The first kappa shape index (κ1) is 17.9. The molecule has 0 atom stereocenters. The first-order valence-corrected chi connectivity index (χ1v) is 9.18. The summed E-state index contributed by atoms with van der Waals surface area (Å²) in [6.45, 7) is 2.42. The predicted molar refractivity (Wildman–Crippen MR) is 97.9 cm³/mol. The number of alkyl halides is 2. The van der Waals surface area contributed by atoms with Gasteiger partial charge in [-0.2, -0.15) is 0 Å². The molecule has 0 unspecified atom stereocenters. The van der Waals surface area contributed by atoms with E-state index in [0.29, 0.717) is 0 Å². The number of aromatic nitrogens is 4. The van der Waals surface area contributed by atoms with Crippen LogP contribution in [0.4, 0.5) is 8.78 Å². The second-order valence-corrected chi connectivity index (χ2v) is 6.99. The molecule has 0 N–H and O–H groups in total. The van der Waals surface area contributed by atoms with E-state index in [2.05, 4.69) is 15.2 Å². The van der Waals surface area contributed by atoms with E-state index in [1.54, 1.807) is 21.6 Å². The third-order valence-electron chi connectivity index (χ3n) is 5.13. The Morgan fingerprint density at radius 1 is 1.22 bits per heavy atom. The maximum Gasteiger partial charge on any atom is 0.256 e. The van der Waals surface area contributed by atoms with Gasteiger partial charge in [0.15, 0.2) is 0 Å². The fraction of sp³-hybridized carbons (Fsp3) is 0.474. The molecule has 27 heavy (non-hydrogen) atoms. The molecule has 0 aliphatic carbocycles. The average molecular weight is 375 g/mol. The Hall–Kier alpha value is -2.48. The van der Waals surface area contributed by atoms with Crippen LogP contribution in [0.1, 0.15) is 18.5 Å². The molecule has 1 fully saturated rings. The van der Waals surface area contributed by atoms with Crippen LogP contribution in [0.2, 0.25) is 0 Å². The van der Waals surface area contributed by atoms with E-state index in [-0.39, 0.29) is 12.6 Å². The molecule has 0 spiro atoms. The fourth-order valence-corrected chi connectivity index (χ4v) is 3.65. The molecule has 1 aliphatic heterocycles. The number of rotatable bonds is 6. The van der Waals surface area contributed by atoms with E-state index in [4.69, 9.17) is 4.74 Å². The predicted octanol–water partition coefficient (Wildman–Crippen LogP) is 3.08. The zero-order valence-corrected chi connectivity index (χ0v) is 15.3. The third-order valence-corrected chi connectivity index (χ3v) is 5.13. The van der Waals surface area contributed by atoms with Crippen molar-refractivity contribution in [3.63, 3.8) is 0 Å². The van der Waals surface area contributed by atoms with Crippen molar-refractivity contribution < 1.29 is 13.5 Å². The summed E-state index contributed by atoms with van der Waals surface area (Å²) in [4.78, 5) is 2.37. The zero-order valence-electron chi connectivity index (χ0n) is 15.3. The number of hydrogen-bond donors (Lipinski definition) is 0. The summed E-state index contributed by atoms with van der Waals surface area (Å²) in [6, 6.07) is 7.50. The Morgan fingerprint density at radius 3 is 2.74 bits per heavy atom. The van der Waals surface area contributed by atoms with E-state index in [1.807, 2.05) is 31.3 Å². The second kappa shape index (κ2) is 7.64. The highest BCUT2D eigenvalue weighted by Gasteiger charge is 2.22. The van der Waals surface area contributed by atoms with Crippen LogP contribution in [0.3, 0.4) is 0 Å².